The molecule has 3 rings (SSSR count). The fourth-order valence-electron chi connectivity index (χ4n) is 2.04. The summed E-state index contributed by atoms with van der Waals surface area (Å²) in [5.74, 6) is 6.23. The van der Waals surface area contributed by atoms with E-state index in [-0.39, 0.29) is 0 Å². The van der Waals surface area contributed by atoms with Crippen LogP contribution in [-0.4, -0.2) is 37.4 Å². The smallest absolute Gasteiger partial charge is 0.241 e. The van der Waals surface area contributed by atoms with Crippen LogP contribution in [0.3, 0.4) is 0 Å². The Bertz CT molecular complexity index is 562. The lowest BCUT2D eigenvalue weighted by atomic mass is 9.80. The first-order chi connectivity index (χ1) is 8.70. The van der Waals surface area contributed by atoms with Crippen LogP contribution in [0.4, 0.5) is 11.8 Å². The summed E-state index contributed by atoms with van der Waals surface area (Å²) in [4.78, 5) is 8.35. The van der Waals surface area contributed by atoms with Gasteiger partial charge in [-0.05, 0) is 19.3 Å². The van der Waals surface area contributed by atoms with Crippen LogP contribution >= 0.6 is 0 Å². The SMILES string of the molecule is NNc1nc(NCC2(O)CCC2)c2cn[nH]c2n1. The number of nitrogens with two attached hydrogens (primary N) is 1. The van der Waals surface area contributed by atoms with Crippen LogP contribution in [0.1, 0.15) is 19.3 Å². The fourth-order valence-corrected chi connectivity index (χ4v) is 2.04. The van der Waals surface area contributed by atoms with Gasteiger partial charge >= 0.3 is 0 Å². The summed E-state index contributed by atoms with van der Waals surface area (Å²) >= 11 is 0. The standard InChI is InChI=1S/C10H15N7O/c11-16-9-14-7(6-4-13-17-8(6)15-9)12-5-10(18)2-1-3-10/h4,18H,1-3,5,11H2,(H3,12,13,14,15,16,17). The molecule has 0 radical (unpaired) electrons. The number of aliphatic hydroxyl groups is 1. The Balaban J connectivity index is 1.87. The van der Waals surface area contributed by atoms with Crippen LogP contribution in [0.25, 0.3) is 11.0 Å². The lowest BCUT2D eigenvalue weighted by Crippen LogP contribution is -2.43. The van der Waals surface area contributed by atoms with Crippen LogP contribution in [0.5, 0.6) is 0 Å². The molecule has 0 bridgehead atoms. The highest BCUT2D eigenvalue weighted by molar-refractivity contribution is 5.86. The Kier molecular flexibility index (Phi) is 2.53. The summed E-state index contributed by atoms with van der Waals surface area (Å²) in [6.07, 6.45) is 4.35. The third kappa shape index (κ3) is 1.85. The molecule has 18 heavy (non-hydrogen) atoms. The summed E-state index contributed by atoms with van der Waals surface area (Å²) in [5.41, 5.74) is 2.39. The number of fused-ring (bicyclic) bond motifs is 1. The van der Waals surface area contributed by atoms with E-state index < -0.39 is 5.60 Å². The van der Waals surface area contributed by atoms with Crippen molar-refractivity contribution in [2.24, 2.45) is 5.84 Å². The molecule has 0 spiro atoms. The molecule has 0 aliphatic heterocycles. The predicted octanol–water partition coefficient (Wildman–Crippen LogP) is -0.0346. The van der Waals surface area contributed by atoms with E-state index in [2.05, 4.69) is 30.9 Å². The van der Waals surface area contributed by atoms with Gasteiger partial charge in [0.1, 0.15) is 5.82 Å². The van der Waals surface area contributed by atoms with Gasteiger partial charge in [0.2, 0.25) is 5.95 Å². The van der Waals surface area contributed by atoms with E-state index in [4.69, 9.17) is 5.84 Å². The molecule has 0 atom stereocenters. The second-order valence-electron chi connectivity index (χ2n) is 4.60. The number of hydrogen-bond donors (Lipinski definition) is 5. The van der Waals surface area contributed by atoms with Crippen molar-refractivity contribution in [1.29, 1.82) is 0 Å². The Hall–Kier alpha value is -1.93. The van der Waals surface area contributed by atoms with Gasteiger partial charge in [-0.25, -0.2) is 5.84 Å². The lowest BCUT2D eigenvalue weighted by Gasteiger charge is -2.36. The fraction of sp³-hybridized carbons (Fsp3) is 0.500. The first-order valence-corrected chi connectivity index (χ1v) is 5.84. The monoisotopic (exact) mass is 249 g/mol. The van der Waals surface area contributed by atoms with Gasteiger partial charge < -0.3 is 10.4 Å². The molecule has 0 saturated heterocycles. The molecule has 0 unspecified atom stereocenters. The van der Waals surface area contributed by atoms with Crippen molar-refractivity contribution in [3.8, 4) is 0 Å². The molecule has 6 N–H and O–H groups in total. The zero-order valence-corrected chi connectivity index (χ0v) is 9.77. The molecule has 8 heteroatoms. The van der Waals surface area contributed by atoms with Crippen molar-refractivity contribution in [1.82, 2.24) is 20.2 Å². The Morgan fingerprint density at radius 1 is 1.44 bits per heavy atom. The average molecular weight is 249 g/mol. The molecule has 8 nitrogen and oxygen atoms in total. The van der Waals surface area contributed by atoms with Crippen molar-refractivity contribution < 1.29 is 5.11 Å². The molecule has 2 heterocycles. The summed E-state index contributed by atoms with van der Waals surface area (Å²) in [5, 5.41) is 20.6. The summed E-state index contributed by atoms with van der Waals surface area (Å²) < 4.78 is 0. The summed E-state index contributed by atoms with van der Waals surface area (Å²) in [6.45, 7) is 0.467. The minimum Gasteiger partial charge on any atom is -0.388 e. The first-order valence-electron chi connectivity index (χ1n) is 5.84. The average Bonchev–Trinajstić information content (AvgIpc) is 2.81. The second-order valence-corrected chi connectivity index (χ2v) is 4.60. The van der Waals surface area contributed by atoms with Crippen molar-refractivity contribution >= 4 is 22.8 Å². The molecule has 1 saturated carbocycles. The lowest BCUT2D eigenvalue weighted by molar-refractivity contribution is -0.0202. The van der Waals surface area contributed by atoms with Gasteiger partial charge in [0.05, 0.1) is 17.2 Å². The number of H-pyrrole nitrogens is 1. The third-order valence-electron chi connectivity index (χ3n) is 3.31. The normalized spacial score (nSPS) is 17.4. The van der Waals surface area contributed by atoms with Crippen LogP contribution in [0, 0.1) is 0 Å². The highest BCUT2D eigenvalue weighted by atomic mass is 16.3. The Morgan fingerprint density at radius 2 is 2.28 bits per heavy atom. The number of nitrogens with zero attached hydrogens (tertiary/aromatic N) is 3. The van der Waals surface area contributed by atoms with E-state index >= 15 is 0 Å². The first kappa shape index (κ1) is 11.2. The van der Waals surface area contributed by atoms with Gasteiger partial charge in [-0.2, -0.15) is 15.1 Å². The van der Waals surface area contributed by atoms with E-state index in [9.17, 15) is 5.11 Å². The molecule has 0 amide bonds. The zero-order valence-electron chi connectivity index (χ0n) is 9.77. The van der Waals surface area contributed by atoms with Crippen molar-refractivity contribution in [3.63, 3.8) is 0 Å². The van der Waals surface area contributed by atoms with Gasteiger partial charge in [-0.1, -0.05) is 0 Å². The van der Waals surface area contributed by atoms with Crippen LogP contribution in [-0.2, 0) is 0 Å². The Labute approximate surface area is 103 Å². The Morgan fingerprint density at radius 3 is 2.94 bits per heavy atom. The van der Waals surface area contributed by atoms with Gasteiger partial charge in [0.25, 0.3) is 0 Å². The quantitative estimate of drug-likeness (QED) is 0.380. The molecular formula is C10H15N7O. The topological polar surface area (TPSA) is 125 Å². The number of aromatic nitrogens is 4. The van der Waals surface area contributed by atoms with E-state index in [0.717, 1.165) is 24.6 Å². The summed E-state index contributed by atoms with van der Waals surface area (Å²) in [7, 11) is 0. The van der Waals surface area contributed by atoms with Gasteiger partial charge in [-0.15, -0.1) is 0 Å². The molecule has 1 aliphatic carbocycles. The number of hydrazine groups is 1. The molecular weight excluding hydrogens is 234 g/mol. The molecule has 96 valence electrons. The second kappa shape index (κ2) is 4.07. The van der Waals surface area contributed by atoms with Crippen LogP contribution < -0.4 is 16.6 Å². The molecule has 1 aliphatic rings. The van der Waals surface area contributed by atoms with Crippen LogP contribution in [0.15, 0.2) is 6.20 Å². The molecule has 2 aromatic heterocycles. The highest BCUT2D eigenvalue weighted by Gasteiger charge is 2.34. The maximum absolute atomic E-state index is 10.1. The van der Waals surface area contributed by atoms with E-state index in [0.29, 0.717) is 24.0 Å². The van der Waals surface area contributed by atoms with Gasteiger partial charge in [0.15, 0.2) is 5.65 Å². The van der Waals surface area contributed by atoms with Crippen molar-refractivity contribution in [2.45, 2.75) is 24.9 Å². The van der Waals surface area contributed by atoms with Gasteiger partial charge in [-0.3, -0.25) is 10.5 Å². The van der Waals surface area contributed by atoms with E-state index in [1.165, 1.54) is 0 Å². The number of anilines is 2. The molecule has 1 fully saturated rings. The predicted molar refractivity (Wildman–Crippen MR) is 66.8 cm³/mol. The minimum absolute atomic E-state index is 0.301. The van der Waals surface area contributed by atoms with E-state index in [1.807, 2.05) is 0 Å². The highest BCUT2D eigenvalue weighted by Crippen LogP contribution is 2.32. The zero-order chi connectivity index (χ0) is 12.6. The third-order valence-corrected chi connectivity index (χ3v) is 3.31. The number of aromatic amines is 1. The molecule has 2 aromatic rings. The van der Waals surface area contributed by atoms with Crippen molar-refractivity contribution in [3.05, 3.63) is 6.20 Å². The van der Waals surface area contributed by atoms with E-state index in [1.54, 1.807) is 6.20 Å². The van der Waals surface area contributed by atoms with Crippen LogP contribution in [0.2, 0.25) is 0 Å². The summed E-state index contributed by atoms with van der Waals surface area (Å²) in [6, 6.07) is 0. The number of nitrogens with one attached hydrogen (secondary N) is 3. The largest absolute Gasteiger partial charge is 0.388 e. The number of hydrogen-bond acceptors (Lipinski definition) is 7. The van der Waals surface area contributed by atoms with Crippen molar-refractivity contribution in [2.75, 3.05) is 17.3 Å². The number of nitrogen functional groups attached to an aromatic ring is 1. The number of rotatable bonds is 4. The van der Waals surface area contributed by atoms with Gasteiger partial charge in [0, 0.05) is 6.54 Å². The maximum Gasteiger partial charge on any atom is 0.241 e. The minimum atomic E-state index is -0.614. The maximum atomic E-state index is 10.1. The molecule has 0 aromatic carbocycles.